The van der Waals surface area contributed by atoms with E-state index in [1.54, 1.807) is 18.7 Å². The summed E-state index contributed by atoms with van der Waals surface area (Å²) in [6.07, 6.45) is 0.718. The molecule has 0 aromatic heterocycles. The fraction of sp³-hybridized carbons (Fsp3) is 0.600. The van der Waals surface area contributed by atoms with Crippen LogP contribution in [0, 0.1) is 0 Å². The summed E-state index contributed by atoms with van der Waals surface area (Å²) in [4.78, 5) is 1.21. The second-order valence-corrected chi connectivity index (χ2v) is 8.76. The van der Waals surface area contributed by atoms with E-state index in [4.69, 9.17) is 0 Å². The summed E-state index contributed by atoms with van der Waals surface area (Å²) < 4.78 is 22.8. The van der Waals surface area contributed by atoms with Crippen molar-refractivity contribution in [1.29, 1.82) is 0 Å². The van der Waals surface area contributed by atoms with Crippen LogP contribution in [0.3, 0.4) is 0 Å². The molecule has 0 spiro atoms. The number of nitrogens with one attached hydrogen (secondary N) is 1. The van der Waals surface area contributed by atoms with Crippen LogP contribution in [0.1, 0.15) is 32.8 Å². The van der Waals surface area contributed by atoms with E-state index in [2.05, 4.69) is 43.4 Å². The van der Waals surface area contributed by atoms with Crippen molar-refractivity contribution in [1.82, 2.24) is 5.32 Å². The predicted molar refractivity (Wildman–Crippen MR) is 88.1 cm³/mol. The Morgan fingerprint density at radius 1 is 1.30 bits per heavy atom. The molecule has 0 aliphatic carbocycles. The summed E-state index contributed by atoms with van der Waals surface area (Å²) >= 11 is 1.73. The summed E-state index contributed by atoms with van der Waals surface area (Å²) in [6.45, 7) is 6.84. The van der Waals surface area contributed by atoms with Gasteiger partial charge in [-0.2, -0.15) is 0 Å². The maximum absolute atomic E-state index is 11.4. The molecule has 5 heteroatoms. The number of benzene rings is 1. The molecule has 114 valence electrons. The van der Waals surface area contributed by atoms with E-state index >= 15 is 0 Å². The molecular formula is C15H25NO2S2. The van der Waals surface area contributed by atoms with Crippen molar-refractivity contribution in [2.24, 2.45) is 0 Å². The monoisotopic (exact) mass is 315 g/mol. The Labute approximate surface area is 127 Å². The van der Waals surface area contributed by atoms with Gasteiger partial charge in [-0.3, -0.25) is 0 Å². The summed E-state index contributed by atoms with van der Waals surface area (Å²) in [6, 6.07) is 8.90. The zero-order chi connectivity index (χ0) is 15.0. The average Bonchev–Trinajstić information content (AvgIpc) is 2.42. The largest absolute Gasteiger partial charge is 0.310 e. The fourth-order valence-corrected chi connectivity index (χ4v) is 3.67. The molecule has 0 saturated carbocycles. The molecule has 0 unspecified atom stereocenters. The van der Waals surface area contributed by atoms with Crippen molar-refractivity contribution in [3.63, 3.8) is 0 Å². The van der Waals surface area contributed by atoms with Gasteiger partial charge in [0.1, 0.15) is 9.84 Å². The number of hydrogen-bond acceptors (Lipinski definition) is 4. The molecule has 0 fully saturated rings. The molecule has 0 heterocycles. The molecular weight excluding hydrogens is 290 g/mol. The summed E-state index contributed by atoms with van der Waals surface area (Å²) in [5.74, 6) is 1.39. The van der Waals surface area contributed by atoms with E-state index in [9.17, 15) is 8.42 Å². The van der Waals surface area contributed by atoms with Gasteiger partial charge in [0.25, 0.3) is 0 Å². The Hall–Kier alpha value is -0.520. The second kappa shape index (κ2) is 8.70. The minimum absolute atomic E-state index is 0.244. The Morgan fingerprint density at radius 3 is 2.70 bits per heavy atom. The lowest BCUT2D eigenvalue weighted by Gasteiger charge is -2.09. The van der Waals surface area contributed by atoms with Crippen LogP contribution in [0.25, 0.3) is 0 Å². The van der Waals surface area contributed by atoms with E-state index in [-0.39, 0.29) is 5.75 Å². The SMILES string of the molecule is CCS(=O)(=O)CCCSc1cccc(CNC(C)C)c1. The van der Waals surface area contributed by atoms with Gasteiger partial charge in [0.15, 0.2) is 0 Å². The van der Waals surface area contributed by atoms with Crippen molar-refractivity contribution in [2.75, 3.05) is 17.3 Å². The van der Waals surface area contributed by atoms with Crippen LogP contribution in [0.5, 0.6) is 0 Å². The van der Waals surface area contributed by atoms with Crippen LogP contribution in [0.2, 0.25) is 0 Å². The first-order chi connectivity index (χ1) is 9.43. The lowest BCUT2D eigenvalue weighted by atomic mass is 10.2. The molecule has 0 aliphatic rings. The third kappa shape index (κ3) is 7.31. The minimum atomic E-state index is -2.82. The standard InChI is InChI=1S/C15H25NO2S2/c1-4-20(17,18)10-6-9-19-15-8-5-7-14(11-15)12-16-13(2)3/h5,7-8,11,13,16H,4,6,9-10,12H2,1-3H3. The first-order valence-electron chi connectivity index (χ1n) is 7.08. The van der Waals surface area contributed by atoms with Crippen molar-refractivity contribution < 1.29 is 8.42 Å². The van der Waals surface area contributed by atoms with Gasteiger partial charge in [0.2, 0.25) is 0 Å². The van der Waals surface area contributed by atoms with Gasteiger partial charge in [-0.05, 0) is 29.9 Å². The van der Waals surface area contributed by atoms with Crippen LogP contribution in [0.15, 0.2) is 29.2 Å². The molecule has 20 heavy (non-hydrogen) atoms. The van der Waals surface area contributed by atoms with Crippen LogP contribution < -0.4 is 5.32 Å². The quantitative estimate of drug-likeness (QED) is 0.562. The molecule has 0 aliphatic heterocycles. The zero-order valence-electron chi connectivity index (χ0n) is 12.6. The summed E-state index contributed by atoms with van der Waals surface area (Å²) in [7, 11) is -2.82. The first kappa shape index (κ1) is 17.5. The molecule has 0 saturated heterocycles. The van der Waals surface area contributed by atoms with Crippen molar-refractivity contribution in [2.45, 2.75) is 44.7 Å². The Bertz CT molecular complexity index is 498. The normalized spacial score (nSPS) is 12.0. The number of thioether (sulfide) groups is 1. The van der Waals surface area contributed by atoms with Gasteiger partial charge in [0, 0.05) is 23.2 Å². The van der Waals surface area contributed by atoms with Crippen molar-refractivity contribution in [3.05, 3.63) is 29.8 Å². The van der Waals surface area contributed by atoms with Gasteiger partial charge in [-0.25, -0.2) is 8.42 Å². The van der Waals surface area contributed by atoms with Crippen LogP contribution in [0.4, 0.5) is 0 Å². The molecule has 0 radical (unpaired) electrons. The maximum Gasteiger partial charge on any atom is 0.150 e. The molecule has 0 bridgehead atoms. The topological polar surface area (TPSA) is 46.2 Å². The van der Waals surface area contributed by atoms with Crippen molar-refractivity contribution >= 4 is 21.6 Å². The summed E-state index contributed by atoms with van der Waals surface area (Å²) in [5.41, 5.74) is 1.27. The highest BCUT2D eigenvalue weighted by Crippen LogP contribution is 2.20. The van der Waals surface area contributed by atoms with Gasteiger partial charge in [0.05, 0.1) is 5.75 Å². The molecule has 1 N–H and O–H groups in total. The van der Waals surface area contributed by atoms with Gasteiger partial charge < -0.3 is 5.32 Å². The Balaban J connectivity index is 2.39. The van der Waals surface area contributed by atoms with E-state index in [0.29, 0.717) is 11.8 Å². The second-order valence-electron chi connectivity index (χ2n) is 5.12. The van der Waals surface area contributed by atoms with E-state index in [1.807, 2.05) is 0 Å². The fourth-order valence-electron chi connectivity index (χ4n) is 1.68. The lowest BCUT2D eigenvalue weighted by Crippen LogP contribution is -2.21. The molecule has 1 rings (SSSR count). The van der Waals surface area contributed by atoms with Crippen LogP contribution in [-0.4, -0.2) is 31.7 Å². The van der Waals surface area contributed by atoms with Gasteiger partial charge in [-0.15, -0.1) is 11.8 Å². The Morgan fingerprint density at radius 2 is 2.05 bits per heavy atom. The minimum Gasteiger partial charge on any atom is -0.310 e. The third-order valence-electron chi connectivity index (χ3n) is 2.92. The highest BCUT2D eigenvalue weighted by atomic mass is 32.2. The Kier molecular flexibility index (Phi) is 7.62. The number of hydrogen-bond donors (Lipinski definition) is 1. The van der Waals surface area contributed by atoms with Crippen LogP contribution in [-0.2, 0) is 16.4 Å². The molecule has 0 amide bonds. The van der Waals surface area contributed by atoms with E-state index < -0.39 is 9.84 Å². The smallest absolute Gasteiger partial charge is 0.150 e. The molecule has 0 atom stereocenters. The molecule has 1 aromatic carbocycles. The highest BCUT2D eigenvalue weighted by molar-refractivity contribution is 7.99. The van der Waals surface area contributed by atoms with E-state index in [1.165, 1.54) is 10.5 Å². The first-order valence-corrected chi connectivity index (χ1v) is 9.89. The predicted octanol–water partition coefficient (Wildman–Crippen LogP) is 3.10. The number of sulfone groups is 1. The molecule has 3 nitrogen and oxygen atoms in total. The van der Waals surface area contributed by atoms with Gasteiger partial charge in [-0.1, -0.05) is 32.9 Å². The van der Waals surface area contributed by atoms with Gasteiger partial charge >= 0.3 is 0 Å². The maximum atomic E-state index is 11.4. The lowest BCUT2D eigenvalue weighted by molar-refractivity contribution is 0.588. The summed E-state index contributed by atoms with van der Waals surface area (Å²) in [5, 5.41) is 3.40. The van der Waals surface area contributed by atoms with Crippen molar-refractivity contribution in [3.8, 4) is 0 Å². The average molecular weight is 316 g/mol. The zero-order valence-corrected chi connectivity index (χ0v) is 14.2. The number of rotatable bonds is 9. The van der Waals surface area contributed by atoms with Crippen LogP contribution >= 0.6 is 11.8 Å². The highest BCUT2D eigenvalue weighted by Gasteiger charge is 2.06. The molecule has 1 aromatic rings. The third-order valence-corrected chi connectivity index (χ3v) is 5.79. The van der Waals surface area contributed by atoms with E-state index in [0.717, 1.165) is 18.7 Å².